The average molecular weight is 915 g/mol. The molecule has 3 N–H and O–H groups in total. The highest BCUT2D eigenvalue weighted by Crippen LogP contribution is 2.18. The first-order chi connectivity index (χ1) is 32.0. The van der Waals surface area contributed by atoms with E-state index < -0.39 is 18.2 Å². The molecule has 0 aromatic carbocycles. The average Bonchev–Trinajstić information content (AvgIpc) is 3.30. The van der Waals surface area contributed by atoms with Crippen LogP contribution in [0, 0.1) is 0 Å². The third-order valence-electron chi connectivity index (χ3n) is 13.2. The lowest BCUT2D eigenvalue weighted by atomic mass is 10.0. The van der Waals surface area contributed by atoms with Crippen molar-refractivity contribution >= 4 is 11.9 Å². The largest absolute Gasteiger partial charge is 0.462 e. The summed E-state index contributed by atoms with van der Waals surface area (Å²) in [6.45, 7) is 6.49. The second-order valence-electron chi connectivity index (χ2n) is 19.7. The molecule has 0 saturated carbocycles. The summed E-state index contributed by atoms with van der Waals surface area (Å²) < 4.78 is 5.95. The quantitative estimate of drug-likeness (QED) is 0.0244. The van der Waals surface area contributed by atoms with Crippen molar-refractivity contribution in [3.63, 3.8) is 0 Å². The van der Waals surface area contributed by atoms with Crippen molar-refractivity contribution < 1.29 is 24.5 Å². The maximum Gasteiger partial charge on any atom is 0.306 e. The van der Waals surface area contributed by atoms with Crippen molar-refractivity contribution in [1.82, 2.24) is 5.32 Å². The number of carbonyl (C=O) groups excluding carboxylic acids is 2. The molecule has 6 heteroatoms. The van der Waals surface area contributed by atoms with Gasteiger partial charge in [-0.2, -0.15) is 0 Å². The molecule has 0 spiro atoms. The number of aliphatic hydroxyl groups is 2. The molecule has 0 radical (unpaired) electrons. The highest BCUT2D eigenvalue weighted by atomic mass is 16.5. The molecule has 0 aromatic heterocycles. The maximum absolute atomic E-state index is 13.3. The number of allylic oxidation sites excluding steroid dienone is 6. The molecule has 3 unspecified atom stereocenters. The Morgan fingerprint density at radius 1 is 0.446 bits per heavy atom. The molecular formula is C59H111NO5. The molecule has 382 valence electrons. The highest BCUT2D eigenvalue weighted by molar-refractivity contribution is 5.77. The molecule has 0 aliphatic rings. The number of nitrogens with one attached hydrogen (secondary N) is 1. The Hall–Kier alpha value is -1.92. The molecule has 0 saturated heterocycles. The van der Waals surface area contributed by atoms with Gasteiger partial charge >= 0.3 is 5.97 Å². The summed E-state index contributed by atoms with van der Waals surface area (Å²) in [6.07, 6.45) is 63.5. The number of unbranched alkanes of at least 4 members (excludes halogenated alkanes) is 35. The van der Waals surface area contributed by atoms with E-state index in [2.05, 4.69) is 62.5 Å². The van der Waals surface area contributed by atoms with Crippen LogP contribution in [-0.2, 0) is 14.3 Å². The van der Waals surface area contributed by atoms with Gasteiger partial charge in [-0.3, -0.25) is 9.59 Å². The van der Waals surface area contributed by atoms with Crippen LogP contribution in [0.3, 0.4) is 0 Å². The number of esters is 1. The van der Waals surface area contributed by atoms with Gasteiger partial charge in [0, 0.05) is 6.42 Å². The van der Waals surface area contributed by atoms with Gasteiger partial charge in [-0.1, -0.05) is 250 Å². The number of rotatable bonds is 52. The van der Waals surface area contributed by atoms with Crippen LogP contribution >= 0.6 is 0 Å². The fourth-order valence-corrected chi connectivity index (χ4v) is 8.83. The Labute approximate surface area is 404 Å². The molecule has 0 aliphatic carbocycles. The maximum atomic E-state index is 13.3. The van der Waals surface area contributed by atoms with Crippen molar-refractivity contribution in [3.05, 3.63) is 36.5 Å². The molecule has 0 heterocycles. The fraction of sp³-hybridized carbons (Fsp3) is 0.864. The van der Waals surface area contributed by atoms with Crippen molar-refractivity contribution in [2.45, 2.75) is 322 Å². The van der Waals surface area contributed by atoms with Crippen LogP contribution in [0.5, 0.6) is 0 Å². The van der Waals surface area contributed by atoms with Gasteiger partial charge < -0.3 is 20.3 Å². The van der Waals surface area contributed by atoms with E-state index in [4.69, 9.17) is 4.74 Å². The van der Waals surface area contributed by atoms with Crippen LogP contribution in [0.4, 0.5) is 0 Å². The third kappa shape index (κ3) is 48.3. The van der Waals surface area contributed by atoms with Gasteiger partial charge in [0.1, 0.15) is 6.10 Å². The van der Waals surface area contributed by atoms with E-state index in [1.807, 2.05) is 0 Å². The summed E-state index contributed by atoms with van der Waals surface area (Å²) in [4.78, 5) is 26.2. The smallest absolute Gasteiger partial charge is 0.306 e. The van der Waals surface area contributed by atoms with Gasteiger partial charge in [0.15, 0.2) is 0 Å². The normalized spacial score (nSPS) is 13.4. The second-order valence-corrected chi connectivity index (χ2v) is 19.7. The molecule has 1 amide bonds. The molecule has 3 atom stereocenters. The minimum atomic E-state index is -0.791. The van der Waals surface area contributed by atoms with E-state index >= 15 is 0 Å². The van der Waals surface area contributed by atoms with E-state index in [1.54, 1.807) is 0 Å². The van der Waals surface area contributed by atoms with Gasteiger partial charge in [0.2, 0.25) is 5.91 Å². The molecule has 0 rings (SSSR count). The van der Waals surface area contributed by atoms with Crippen LogP contribution in [0.25, 0.3) is 0 Å². The molecule has 6 nitrogen and oxygen atoms in total. The van der Waals surface area contributed by atoms with Gasteiger partial charge in [-0.15, -0.1) is 0 Å². The zero-order chi connectivity index (χ0) is 47.4. The minimum Gasteiger partial charge on any atom is -0.462 e. The van der Waals surface area contributed by atoms with E-state index in [0.29, 0.717) is 19.3 Å². The Balaban J connectivity index is 4.54. The van der Waals surface area contributed by atoms with Crippen molar-refractivity contribution in [3.8, 4) is 0 Å². The number of hydrogen-bond acceptors (Lipinski definition) is 5. The van der Waals surface area contributed by atoms with Crippen LogP contribution in [0.15, 0.2) is 36.5 Å². The fourth-order valence-electron chi connectivity index (χ4n) is 8.83. The summed E-state index contributed by atoms with van der Waals surface area (Å²) in [5.74, 6) is -0.487. The lowest BCUT2D eigenvalue weighted by Crippen LogP contribution is -2.46. The first-order valence-corrected chi connectivity index (χ1v) is 28.7. The van der Waals surface area contributed by atoms with Gasteiger partial charge in [-0.05, 0) is 77.0 Å². The number of ether oxygens (including phenoxy) is 1. The lowest BCUT2D eigenvalue weighted by molar-refractivity contribution is -0.151. The van der Waals surface area contributed by atoms with E-state index in [9.17, 15) is 19.8 Å². The summed E-state index contributed by atoms with van der Waals surface area (Å²) >= 11 is 0. The molecule has 65 heavy (non-hydrogen) atoms. The number of aliphatic hydroxyl groups excluding tert-OH is 2. The van der Waals surface area contributed by atoms with E-state index in [0.717, 1.165) is 70.6 Å². The van der Waals surface area contributed by atoms with E-state index in [1.165, 1.54) is 186 Å². The van der Waals surface area contributed by atoms with Gasteiger partial charge in [0.05, 0.1) is 25.2 Å². The summed E-state index contributed by atoms with van der Waals surface area (Å²) in [6, 6.07) is -0.706. The van der Waals surface area contributed by atoms with Crippen molar-refractivity contribution in [1.29, 1.82) is 0 Å². The van der Waals surface area contributed by atoms with Gasteiger partial charge in [0.25, 0.3) is 0 Å². The van der Waals surface area contributed by atoms with Crippen LogP contribution in [0.1, 0.15) is 303 Å². The lowest BCUT2D eigenvalue weighted by Gasteiger charge is -2.24. The third-order valence-corrected chi connectivity index (χ3v) is 13.2. The minimum absolute atomic E-state index is 0.0683. The Morgan fingerprint density at radius 3 is 1.20 bits per heavy atom. The van der Waals surface area contributed by atoms with Gasteiger partial charge in [-0.25, -0.2) is 0 Å². The molecule has 0 fully saturated rings. The Kier molecular flexibility index (Phi) is 51.5. The van der Waals surface area contributed by atoms with Crippen molar-refractivity contribution in [2.24, 2.45) is 0 Å². The summed E-state index contributed by atoms with van der Waals surface area (Å²) in [7, 11) is 0. The molecule has 0 bridgehead atoms. The Bertz CT molecular complexity index is 1070. The van der Waals surface area contributed by atoms with Crippen LogP contribution in [0.2, 0.25) is 0 Å². The molecule has 0 aromatic rings. The zero-order valence-electron chi connectivity index (χ0n) is 43.6. The molecule has 0 aliphatic heterocycles. The predicted molar refractivity (Wildman–Crippen MR) is 282 cm³/mol. The zero-order valence-corrected chi connectivity index (χ0v) is 43.6. The predicted octanol–water partition coefficient (Wildman–Crippen LogP) is 17.6. The monoisotopic (exact) mass is 914 g/mol. The topological polar surface area (TPSA) is 95.9 Å². The SMILES string of the molecule is CCCCCC/C=C\CCCCCCCC(CC(=O)NC(CO)C(O)CCCCCCCCCCCCCCCCC)OC(=O)CCCCCCC/C=C/C=C/CCCCCCCCC. The van der Waals surface area contributed by atoms with E-state index in [-0.39, 0.29) is 24.9 Å². The highest BCUT2D eigenvalue weighted by Gasteiger charge is 2.24. The number of amides is 1. The summed E-state index contributed by atoms with van der Waals surface area (Å²) in [5, 5.41) is 23.9. The van der Waals surface area contributed by atoms with Crippen LogP contribution < -0.4 is 5.32 Å². The Morgan fingerprint density at radius 2 is 0.785 bits per heavy atom. The van der Waals surface area contributed by atoms with Crippen molar-refractivity contribution in [2.75, 3.05) is 6.61 Å². The van der Waals surface area contributed by atoms with Crippen LogP contribution in [-0.4, -0.2) is 46.9 Å². The molecular weight excluding hydrogens is 803 g/mol. The first kappa shape index (κ1) is 63.1. The second kappa shape index (κ2) is 53.0. The number of hydrogen-bond donors (Lipinski definition) is 3. The first-order valence-electron chi connectivity index (χ1n) is 28.7. The number of carbonyl (C=O) groups is 2. The summed E-state index contributed by atoms with van der Waals surface area (Å²) in [5.41, 5.74) is 0. The standard InChI is InChI=1S/C59H111NO5/c1-4-7-10-13-16-19-22-25-27-28-29-31-34-37-40-43-46-49-52-59(64)65-55(50-47-44-41-38-35-32-24-21-18-15-12-9-6-3)53-58(63)60-56(54-61)57(62)51-48-45-42-39-36-33-30-26-23-20-17-14-11-8-5-2/h21,24,27-29,31,55-57,61-62H,4-20,22-23,25-26,30,32-54H2,1-3H3,(H,60,63)/b24-21-,28-27+,31-29+.